The average molecular weight is 290 g/mol. The van der Waals surface area contributed by atoms with Crippen LogP contribution >= 0.6 is 0 Å². The lowest BCUT2D eigenvalue weighted by atomic mass is 10.0. The van der Waals surface area contributed by atoms with Gasteiger partial charge in [-0.1, -0.05) is 0 Å². The molecule has 0 saturated carbocycles. The van der Waals surface area contributed by atoms with Crippen LogP contribution in [0.2, 0.25) is 0 Å². The molecule has 1 saturated heterocycles. The summed E-state index contributed by atoms with van der Waals surface area (Å²) >= 11 is 0. The number of hydrogen-bond donors (Lipinski definition) is 1. The van der Waals surface area contributed by atoms with Crippen LogP contribution in [-0.2, 0) is 13.5 Å². The molecule has 0 aliphatic carbocycles. The van der Waals surface area contributed by atoms with Crippen LogP contribution in [0.1, 0.15) is 18.4 Å². The Labute approximate surface area is 116 Å². The maximum atomic E-state index is 12.3. The van der Waals surface area contributed by atoms with Gasteiger partial charge in [-0.2, -0.15) is 18.3 Å². The molecule has 0 aromatic carbocycles. The standard InChI is InChI=1S/C13H21F3N4/c1-19-9-11(8-18-19)2-5-17-12-3-6-20(7-4-12)10-13(14,15)16/h8-9,12,17H,2-7,10H2,1H3. The van der Waals surface area contributed by atoms with Crippen molar-refractivity contribution >= 4 is 0 Å². The number of nitrogens with zero attached hydrogens (tertiary/aromatic N) is 3. The molecule has 0 atom stereocenters. The Morgan fingerprint density at radius 1 is 1.35 bits per heavy atom. The van der Waals surface area contributed by atoms with Gasteiger partial charge in [0.25, 0.3) is 0 Å². The number of alkyl halides is 3. The number of nitrogens with one attached hydrogen (secondary N) is 1. The topological polar surface area (TPSA) is 33.1 Å². The van der Waals surface area contributed by atoms with E-state index in [1.54, 1.807) is 4.68 Å². The molecule has 1 N–H and O–H groups in total. The van der Waals surface area contributed by atoms with E-state index in [2.05, 4.69) is 10.4 Å². The highest BCUT2D eigenvalue weighted by Gasteiger charge is 2.32. The Morgan fingerprint density at radius 2 is 2.05 bits per heavy atom. The lowest BCUT2D eigenvalue weighted by molar-refractivity contribution is -0.148. The highest BCUT2D eigenvalue weighted by Crippen LogP contribution is 2.19. The van der Waals surface area contributed by atoms with Crippen LogP contribution in [0.4, 0.5) is 13.2 Å². The molecule has 7 heteroatoms. The molecule has 0 spiro atoms. The fourth-order valence-corrected chi connectivity index (χ4v) is 2.57. The molecule has 1 aromatic rings. The third-order valence-corrected chi connectivity index (χ3v) is 3.60. The largest absolute Gasteiger partial charge is 0.401 e. The summed E-state index contributed by atoms with van der Waals surface area (Å²) in [7, 11) is 1.88. The summed E-state index contributed by atoms with van der Waals surface area (Å²) < 4.78 is 38.6. The molecule has 114 valence electrons. The van der Waals surface area contributed by atoms with E-state index < -0.39 is 12.7 Å². The molecule has 4 nitrogen and oxygen atoms in total. The number of aromatic nitrogens is 2. The van der Waals surface area contributed by atoms with Gasteiger partial charge >= 0.3 is 6.18 Å². The van der Waals surface area contributed by atoms with E-state index in [0.29, 0.717) is 19.1 Å². The van der Waals surface area contributed by atoms with E-state index in [0.717, 1.165) is 25.8 Å². The van der Waals surface area contributed by atoms with E-state index in [-0.39, 0.29) is 0 Å². The van der Waals surface area contributed by atoms with Gasteiger partial charge in [0.15, 0.2) is 0 Å². The van der Waals surface area contributed by atoms with E-state index >= 15 is 0 Å². The Bertz CT molecular complexity index is 408. The summed E-state index contributed by atoms with van der Waals surface area (Å²) in [6, 6.07) is 0.330. The van der Waals surface area contributed by atoms with Crippen LogP contribution in [-0.4, -0.2) is 53.1 Å². The fraction of sp³-hybridized carbons (Fsp3) is 0.769. The fourth-order valence-electron chi connectivity index (χ4n) is 2.57. The first-order valence-corrected chi connectivity index (χ1v) is 6.92. The van der Waals surface area contributed by atoms with Crippen molar-refractivity contribution in [3.8, 4) is 0 Å². The van der Waals surface area contributed by atoms with Crippen LogP contribution < -0.4 is 5.32 Å². The van der Waals surface area contributed by atoms with Gasteiger partial charge in [0.2, 0.25) is 0 Å². The summed E-state index contributed by atoms with van der Waals surface area (Å²) in [5.41, 5.74) is 1.18. The minimum absolute atomic E-state index is 0.330. The molecule has 1 aromatic heterocycles. The normalized spacial score (nSPS) is 18.6. The Morgan fingerprint density at radius 3 is 2.60 bits per heavy atom. The summed E-state index contributed by atoms with van der Waals surface area (Å²) in [5.74, 6) is 0. The van der Waals surface area contributed by atoms with Crippen LogP contribution in [0.3, 0.4) is 0 Å². The minimum Gasteiger partial charge on any atom is -0.314 e. The van der Waals surface area contributed by atoms with Gasteiger partial charge in [0.05, 0.1) is 12.7 Å². The van der Waals surface area contributed by atoms with Gasteiger partial charge in [-0.3, -0.25) is 9.58 Å². The summed E-state index contributed by atoms with van der Waals surface area (Å²) in [4.78, 5) is 1.49. The second-order valence-corrected chi connectivity index (χ2v) is 5.39. The van der Waals surface area contributed by atoms with Gasteiger partial charge < -0.3 is 5.32 Å². The van der Waals surface area contributed by atoms with Gasteiger partial charge in [0.1, 0.15) is 0 Å². The first kappa shape index (κ1) is 15.3. The molecule has 20 heavy (non-hydrogen) atoms. The highest BCUT2D eigenvalue weighted by molar-refractivity contribution is 5.03. The van der Waals surface area contributed by atoms with Crippen LogP contribution in [0.15, 0.2) is 12.4 Å². The first-order chi connectivity index (χ1) is 9.42. The molecular formula is C13H21F3N4. The lowest BCUT2D eigenvalue weighted by Crippen LogP contribution is -2.45. The van der Waals surface area contributed by atoms with E-state index in [9.17, 15) is 13.2 Å². The van der Waals surface area contributed by atoms with Crippen LogP contribution in [0.5, 0.6) is 0 Å². The van der Waals surface area contributed by atoms with Crippen molar-refractivity contribution in [3.05, 3.63) is 18.0 Å². The summed E-state index contributed by atoms with van der Waals surface area (Å²) in [6.07, 6.45) is 2.20. The zero-order chi connectivity index (χ0) is 14.6. The second-order valence-electron chi connectivity index (χ2n) is 5.39. The molecule has 2 rings (SSSR count). The van der Waals surface area contributed by atoms with Crippen molar-refractivity contribution in [3.63, 3.8) is 0 Å². The van der Waals surface area contributed by atoms with Gasteiger partial charge in [-0.05, 0) is 44.5 Å². The first-order valence-electron chi connectivity index (χ1n) is 6.92. The number of halogens is 3. The minimum atomic E-state index is -4.08. The second kappa shape index (κ2) is 6.58. The number of hydrogen-bond acceptors (Lipinski definition) is 3. The smallest absolute Gasteiger partial charge is 0.314 e. The SMILES string of the molecule is Cn1cc(CCNC2CCN(CC(F)(F)F)CC2)cn1. The molecule has 0 radical (unpaired) electrons. The van der Waals surface area contributed by atoms with E-state index in [1.807, 2.05) is 19.4 Å². The van der Waals surface area contributed by atoms with Crippen LogP contribution in [0, 0.1) is 0 Å². The number of likely N-dealkylation sites (tertiary alicyclic amines) is 1. The molecule has 0 amide bonds. The predicted octanol–water partition coefficient (Wildman–Crippen LogP) is 1.58. The van der Waals surface area contributed by atoms with E-state index in [1.165, 1.54) is 10.5 Å². The van der Waals surface area contributed by atoms with Crippen molar-refractivity contribution in [2.75, 3.05) is 26.2 Å². The zero-order valence-corrected chi connectivity index (χ0v) is 11.7. The van der Waals surface area contributed by atoms with Crippen molar-refractivity contribution in [1.29, 1.82) is 0 Å². The molecule has 0 bridgehead atoms. The molecule has 1 aliphatic rings. The third-order valence-electron chi connectivity index (χ3n) is 3.60. The molecule has 1 aliphatic heterocycles. The predicted molar refractivity (Wildman–Crippen MR) is 70.4 cm³/mol. The lowest BCUT2D eigenvalue weighted by Gasteiger charge is -2.32. The Kier molecular flexibility index (Phi) is 5.04. The van der Waals surface area contributed by atoms with Crippen molar-refractivity contribution in [2.24, 2.45) is 7.05 Å². The highest BCUT2D eigenvalue weighted by atomic mass is 19.4. The monoisotopic (exact) mass is 290 g/mol. The van der Waals surface area contributed by atoms with Crippen molar-refractivity contribution in [1.82, 2.24) is 20.0 Å². The van der Waals surface area contributed by atoms with Gasteiger partial charge in [-0.15, -0.1) is 0 Å². The van der Waals surface area contributed by atoms with Crippen molar-refractivity contribution in [2.45, 2.75) is 31.5 Å². The maximum absolute atomic E-state index is 12.3. The number of rotatable bonds is 5. The average Bonchev–Trinajstić information content (AvgIpc) is 2.75. The van der Waals surface area contributed by atoms with E-state index in [4.69, 9.17) is 0 Å². The summed E-state index contributed by atoms with van der Waals surface area (Å²) in [5, 5.41) is 7.52. The third kappa shape index (κ3) is 5.13. The van der Waals surface area contributed by atoms with Gasteiger partial charge in [-0.25, -0.2) is 0 Å². The number of aryl methyl sites for hydroxylation is 1. The quantitative estimate of drug-likeness (QED) is 0.894. The molecule has 0 unspecified atom stereocenters. The number of piperidine rings is 1. The Hall–Kier alpha value is -1.08. The summed E-state index contributed by atoms with van der Waals surface area (Å²) in [6.45, 7) is 1.10. The Balaban J connectivity index is 1.62. The molecular weight excluding hydrogens is 269 g/mol. The molecule has 2 heterocycles. The van der Waals surface area contributed by atoms with Gasteiger partial charge in [0, 0.05) is 19.3 Å². The molecule has 1 fully saturated rings. The zero-order valence-electron chi connectivity index (χ0n) is 11.7. The van der Waals surface area contributed by atoms with Crippen molar-refractivity contribution < 1.29 is 13.2 Å². The van der Waals surface area contributed by atoms with Crippen LogP contribution in [0.25, 0.3) is 0 Å². The maximum Gasteiger partial charge on any atom is 0.401 e.